The first-order valence-corrected chi connectivity index (χ1v) is 10.1. The van der Waals surface area contributed by atoms with Crippen LogP contribution in [0.25, 0.3) is 17.3 Å². The van der Waals surface area contributed by atoms with Gasteiger partial charge in [-0.15, -0.1) is 22.7 Å². The van der Waals surface area contributed by atoms with Gasteiger partial charge in [-0.1, -0.05) is 0 Å². The van der Waals surface area contributed by atoms with E-state index in [9.17, 15) is 9.59 Å². The largest absolute Gasteiger partial charge is 0.497 e. The smallest absolute Gasteiger partial charge is 0.331 e. The molecule has 150 valence electrons. The number of amides is 1. The van der Waals surface area contributed by atoms with E-state index >= 15 is 0 Å². The molecule has 0 atom stereocenters. The zero-order chi connectivity index (χ0) is 20.6. The zero-order valence-corrected chi connectivity index (χ0v) is 17.2. The van der Waals surface area contributed by atoms with Gasteiger partial charge in [0.25, 0.3) is 5.91 Å². The Labute approximate surface area is 174 Å². The molecule has 1 amide bonds. The van der Waals surface area contributed by atoms with Gasteiger partial charge in [0, 0.05) is 28.6 Å². The van der Waals surface area contributed by atoms with E-state index in [0.717, 1.165) is 5.56 Å². The molecule has 0 saturated carbocycles. The Kier molecular flexibility index (Phi) is 6.93. The third-order valence-corrected chi connectivity index (χ3v) is 5.09. The molecular formula is C19H17N3O5S2. The molecule has 1 aromatic carbocycles. The first-order valence-electron chi connectivity index (χ1n) is 8.31. The van der Waals surface area contributed by atoms with E-state index in [4.69, 9.17) is 14.2 Å². The van der Waals surface area contributed by atoms with Crippen molar-refractivity contribution in [2.45, 2.75) is 0 Å². The highest BCUT2D eigenvalue weighted by atomic mass is 32.1. The van der Waals surface area contributed by atoms with Gasteiger partial charge in [0.2, 0.25) is 0 Å². The minimum Gasteiger partial charge on any atom is -0.497 e. The van der Waals surface area contributed by atoms with E-state index in [0.29, 0.717) is 27.3 Å². The van der Waals surface area contributed by atoms with Crippen LogP contribution in [-0.2, 0) is 14.3 Å². The Morgan fingerprint density at radius 2 is 2.07 bits per heavy atom. The second-order valence-electron chi connectivity index (χ2n) is 5.46. The summed E-state index contributed by atoms with van der Waals surface area (Å²) in [6, 6.07) is 5.37. The zero-order valence-electron chi connectivity index (χ0n) is 15.6. The van der Waals surface area contributed by atoms with Gasteiger partial charge in [-0.05, 0) is 24.3 Å². The molecule has 2 heterocycles. The predicted octanol–water partition coefficient (Wildman–Crippen LogP) is 3.48. The van der Waals surface area contributed by atoms with Crippen LogP contribution in [0.2, 0.25) is 0 Å². The monoisotopic (exact) mass is 431 g/mol. The van der Waals surface area contributed by atoms with Crippen molar-refractivity contribution in [3.05, 3.63) is 46.2 Å². The van der Waals surface area contributed by atoms with Crippen LogP contribution in [0.3, 0.4) is 0 Å². The summed E-state index contributed by atoms with van der Waals surface area (Å²) in [4.78, 5) is 32.1. The van der Waals surface area contributed by atoms with E-state index in [2.05, 4.69) is 15.3 Å². The fourth-order valence-corrected chi connectivity index (χ4v) is 3.52. The van der Waals surface area contributed by atoms with Gasteiger partial charge in [-0.3, -0.25) is 10.1 Å². The van der Waals surface area contributed by atoms with Gasteiger partial charge >= 0.3 is 5.97 Å². The molecule has 0 saturated heterocycles. The summed E-state index contributed by atoms with van der Waals surface area (Å²) in [6.07, 6.45) is 4.38. The van der Waals surface area contributed by atoms with Crippen molar-refractivity contribution in [2.24, 2.45) is 0 Å². The molecule has 0 radical (unpaired) electrons. The first kappa shape index (κ1) is 20.5. The summed E-state index contributed by atoms with van der Waals surface area (Å²) in [5.74, 6) is 0.183. The second kappa shape index (κ2) is 9.80. The average Bonchev–Trinajstić information content (AvgIpc) is 3.42. The molecule has 10 heteroatoms. The van der Waals surface area contributed by atoms with Crippen molar-refractivity contribution in [3.8, 4) is 22.8 Å². The average molecular weight is 431 g/mol. The van der Waals surface area contributed by atoms with Gasteiger partial charge in [0.15, 0.2) is 11.7 Å². The number of benzene rings is 1. The van der Waals surface area contributed by atoms with E-state index in [-0.39, 0.29) is 0 Å². The van der Waals surface area contributed by atoms with Gasteiger partial charge in [0.1, 0.15) is 16.5 Å². The van der Waals surface area contributed by atoms with Crippen molar-refractivity contribution in [1.82, 2.24) is 9.97 Å². The van der Waals surface area contributed by atoms with Crippen LogP contribution in [-0.4, -0.2) is 42.7 Å². The van der Waals surface area contributed by atoms with Crippen LogP contribution in [0.5, 0.6) is 11.5 Å². The highest BCUT2D eigenvalue weighted by Crippen LogP contribution is 2.34. The molecule has 0 fully saturated rings. The maximum Gasteiger partial charge on any atom is 0.331 e. The van der Waals surface area contributed by atoms with Crippen molar-refractivity contribution < 1.29 is 23.8 Å². The van der Waals surface area contributed by atoms with Crippen LogP contribution in [0.15, 0.2) is 41.2 Å². The summed E-state index contributed by atoms with van der Waals surface area (Å²) in [5, 5.41) is 7.24. The molecule has 3 rings (SSSR count). The normalized spacial score (nSPS) is 10.7. The van der Waals surface area contributed by atoms with Crippen molar-refractivity contribution in [1.29, 1.82) is 0 Å². The lowest BCUT2D eigenvalue weighted by molar-refractivity contribution is -0.142. The van der Waals surface area contributed by atoms with Crippen LogP contribution >= 0.6 is 22.7 Å². The van der Waals surface area contributed by atoms with Gasteiger partial charge in [-0.2, -0.15) is 0 Å². The predicted molar refractivity (Wildman–Crippen MR) is 111 cm³/mol. The van der Waals surface area contributed by atoms with Crippen molar-refractivity contribution >= 4 is 45.8 Å². The molecular weight excluding hydrogens is 414 g/mol. The maximum atomic E-state index is 12.0. The lowest BCUT2D eigenvalue weighted by Crippen LogP contribution is -2.20. The highest BCUT2D eigenvalue weighted by molar-refractivity contribution is 7.14. The number of nitrogens with one attached hydrogen (secondary N) is 1. The molecule has 0 bridgehead atoms. The molecule has 0 unspecified atom stereocenters. The van der Waals surface area contributed by atoms with Gasteiger partial charge in [-0.25, -0.2) is 14.8 Å². The van der Waals surface area contributed by atoms with Gasteiger partial charge < -0.3 is 14.2 Å². The summed E-state index contributed by atoms with van der Waals surface area (Å²) in [6.45, 7) is -0.418. The molecule has 3 aromatic rings. The summed E-state index contributed by atoms with van der Waals surface area (Å²) < 4.78 is 15.5. The topological polar surface area (TPSA) is 99.6 Å². The number of anilines is 1. The van der Waals surface area contributed by atoms with Crippen LogP contribution in [0.4, 0.5) is 5.13 Å². The summed E-state index contributed by atoms with van der Waals surface area (Å²) in [5.41, 5.74) is 1.37. The van der Waals surface area contributed by atoms with Gasteiger partial charge in [0.05, 0.1) is 19.9 Å². The standard InChI is InChI=1S/C19H17N3O5S2/c1-25-12-3-4-15(26-2)13(9-12)14-11-29-19(21-14)22-16(23)10-27-18(24)6-5-17-20-7-8-28-17/h3-9,11H,10H2,1-2H3,(H,21,22,23). The third-order valence-electron chi connectivity index (χ3n) is 3.59. The summed E-state index contributed by atoms with van der Waals surface area (Å²) >= 11 is 2.64. The summed E-state index contributed by atoms with van der Waals surface area (Å²) in [7, 11) is 3.14. The molecule has 0 spiro atoms. The molecule has 2 aromatic heterocycles. The molecule has 29 heavy (non-hydrogen) atoms. The molecule has 1 N–H and O–H groups in total. The highest BCUT2D eigenvalue weighted by Gasteiger charge is 2.13. The Hall–Kier alpha value is -3.24. The number of methoxy groups -OCH3 is 2. The molecule has 8 nitrogen and oxygen atoms in total. The number of aromatic nitrogens is 2. The fourth-order valence-electron chi connectivity index (χ4n) is 2.27. The number of thiazole rings is 2. The maximum absolute atomic E-state index is 12.0. The number of nitrogens with zero attached hydrogens (tertiary/aromatic N) is 2. The first-order chi connectivity index (χ1) is 14.1. The van der Waals surface area contributed by atoms with Crippen molar-refractivity contribution in [3.63, 3.8) is 0 Å². The SMILES string of the molecule is COc1ccc(OC)c(-c2csc(NC(=O)COC(=O)C=Cc3nccs3)n2)c1. The lowest BCUT2D eigenvalue weighted by atomic mass is 10.1. The number of ether oxygens (including phenoxy) is 3. The Balaban J connectivity index is 1.57. The Morgan fingerprint density at radius 3 is 2.79 bits per heavy atom. The molecule has 0 aliphatic heterocycles. The van der Waals surface area contributed by atoms with Crippen LogP contribution in [0, 0.1) is 0 Å². The number of rotatable bonds is 8. The quantitative estimate of drug-likeness (QED) is 0.430. The van der Waals surface area contributed by atoms with Crippen molar-refractivity contribution in [2.75, 3.05) is 26.1 Å². The lowest BCUT2D eigenvalue weighted by Gasteiger charge is -2.08. The van der Waals surface area contributed by atoms with Crippen LogP contribution in [0.1, 0.15) is 5.01 Å². The van der Waals surface area contributed by atoms with E-state index in [1.54, 1.807) is 49.4 Å². The molecule has 0 aliphatic carbocycles. The van der Waals surface area contributed by atoms with E-state index in [1.807, 2.05) is 0 Å². The Bertz CT molecular complexity index is 1010. The minimum atomic E-state index is -0.628. The van der Waals surface area contributed by atoms with E-state index in [1.165, 1.54) is 34.8 Å². The minimum absolute atomic E-state index is 0.379. The number of carbonyl (C=O) groups excluding carboxylic acids is 2. The Morgan fingerprint density at radius 1 is 1.21 bits per heavy atom. The molecule has 0 aliphatic rings. The fraction of sp³-hybridized carbons (Fsp3) is 0.158. The third kappa shape index (κ3) is 5.62. The van der Waals surface area contributed by atoms with E-state index < -0.39 is 18.5 Å². The number of hydrogen-bond donors (Lipinski definition) is 1. The second-order valence-corrected chi connectivity index (χ2v) is 7.25. The van der Waals surface area contributed by atoms with Crippen LogP contribution < -0.4 is 14.8 Å². The number of carbonyl (C=O) groups is 2. The number of hydrogen-bond acceptors (Lipinski definition) is 9. The number of esters is 1.